The van der Waals surface area contributed by atoms with E-state index in [1.165, 1.54) is 25.2 Å². The van der Waals surface area contributed by atoms with Gasteiger partial charge in [0.25, 0.3) is 0 Å². The van der Waals surface area contributed by atoms with E-state index in [0.29, 0.717) is 0 Å². The van der Waals surface area contributed by atoms with Gasteiger partial charge in [-0.05, 0) is 31.0 Å². The first-order chi connectivity index (χ1) is 9.84. The van der Waals surface area contributed by atoms with E-state index >= 15 is 0 Å². The lowest BCUT2D eigenvalue weighted by atomic mass is 10.2. The van der Waals surface area contributed by atoms with Crippen molar-refractivity contribution in [1.82, 2.24) is 9.62 Å². The number of nitrogens with two attached hydrogens (primary N) is 1. The van der Waals surface area contributed by atoms with E-state index in [4.69, 9.17) is 11.0 Å². The van der Waals surface area contributed by atoms with Crippen molar-refractivity contribution in [2.45, 2.75) is 23.8 Å². The number of nitriles is 1. The number of nitrogens with zero attached hydrogens (tertiary/aromatic N) is 2. The number of nitrogen functional groups attached to an aromatic ring is 1. The molecule has 0 spiro atoms. The second-order valence-electron chi connectivity index (χ2n) is 4.97. The molecule has 0 heterocycles. The lowest BCUT2D eigenvalue weighted by Gasteiger charge is -2.18. The summed E-state index contributed by atoms with van der Waals surface area (Å²) in [6.07, 6.45) is 1.87. The lowest BCUT2D eigenvalue weighted by Crippen LogP contribution is -2.39. The van der Waals surface area contributed by atoms with Crippen molar-refractivity contribution in [2.24, 2.45) is 0 Å². The van der Waals surface area contributed by atoms with Crippen molar-refractivity contribution < 1.29 is 13.2 Å². The third-order valence-electron chi connectivity index (χ3n) is 3.14. The molecule has 2 rings (SSSR count). The molecule has 1 amide bonds. The predicted molar refractivity (Wildman–Crippen MR) is 76.5 cm³/mol. The SMILES string of the molecule is CN(CC(=O)NC1CC1)S(=O)(=O)c1ccc(C#N)cc1N. The molecule has 8 heteroatoms. The van der Waals surface area contributed by atoms with Crippen molar-refractivity contribution in [3.63, 3.8) is 0 Å². The van der Waals surface area contributed by atoms with Crippen LogP contribution in [0.2, 0.25) is 0 Å². The van der Waals surface area contributed by atoms with Gasteiger partial charge in [0.1, 0.15) is 4.90 Å². The molecule has 1 aliphatic rings. The molecule has 1 aromatic carbocycles. The minimum absolute atomic E-state index is 0.0106. The van der Waals surface area contributed by atoms with E-state index in [1.54, 1.807) is 0 Å². The zero-order valence-electron chi connectivity index (χ0n) is 11.5. The van der Waals surface area contributed by atoms with Gasteiger partial charge >= 0.3 is 0 Å². The van der Waals surface area contributed by atoms with Crippen LogP contribution in [0.15, 0.2) is 23.1 Å². The zero-order chi connectivity index (χ0) is 15.6. The van der Waals surface area contributed by atoms with Gasteiger partial charge in [-0.15, -0.1) is 0 Å². The molecule has 0 radical (unpaired) electrons. The van der Waals surface area contributed by atoms with E-state index in [1.807, 2.05) is 6.07 Å². The zero-order valence-corrected chi connectivity index (χ0v) is 12.4. The van der Waals surface area contributed by atoms with Gasteiger partial charge in [0.15, 0.2) is 0 Å². The number of anilines is 1. The molecule has 0 unspecified atom stereocenters. The Labute approximate surface area is 123 Å². The normalized spacial score (nSPS) is 14.7. The largest absolute Gasteiger partial charge is 0.398 e. The molecule has 1 saturated carbocycles. The maximum atomic E-state index is 12.4. The highest BCUT2D eigenvalue weighted by Crippen LogP contribution is 2.23. The summed E-state index contributed by atoms with van der Waals surface area (Å²) in [7, 11) is -2.55. The summed E-state index contributed by atoms with van der Waals surface area (Å²) in [6, 6.07) is 6.01. The van der Waals surface area contributed by atoms with Gasteiger partial charge in [-0.1, -0.05) is 0 Å². The first kappa shape index (κ1) is 15.3. The van der Waals surface area contributed by atoms with Gasteiger partial charge in [-0.25, -0.2) is 8.42 Å². The maximum Gasteiger partial charge on any atom is 0.245 e. The Kier molecular flexibility index (Phi) is 4.16. The molecule has 3 N–H and O–H groups in total. The Morgan fingerprint density at radius 1 is 1.52 bits per heavy atom. The second kappa shape index (κ2) is 5.71. The van der Waals surface area contributed by atoms with Crippen LogP contribution in [-0.4, -0.2) is 38.3 Å². The fraction of sp³-hybridized carbons (Fsp3) is 0.385. The summed E-state index contributed by atoms with van der Waals surface area (Å²) < 4.78 is 25.7. The number of rotatable bonds is 5. The smallest absolute Gasteiger partial charge is 0.245 e. The summed E-state index contributed by atoms with van der Waals surface area (Å²) in [4.78, 5) is 11.6. The summed E-state index contributed by atoms with van der Waals surface area (Å²) in [6.45, 7) is -0.266. The number of sulfonamides is 1. The molecule has 21 heavy (non-hydrogen) atoms. The van der Waals surface area contributed by atoms with Crippen LogP contribution >= 0.6 is 0 Å². The van der Waals surface area contributed by atoms with Crippen molar-refractivity contribution >= 4 is 21.6 Å². The van der Waals surface area contributed by atoms with Crippen LogP contribution in [0.5, 0.6) is 0 Å². The van der Waals surface area contributed by atoms with Crippen LogP contribution in [0.25, 0.3) is 0 Å². The number of carbonyl (C=O) groups excluding carboxylic acids is 1. The van der Waals surface area contributed by atoms with Gasteiger partial charge in [-0.2, -0.15) is 9.57 Å². The molecule has 1 aliphatic carbocycles. The van der Waals surface area contributed by atoms with E-state index < -0.39 is 10.0 Å². The van der Waals surface area contributed by atoms with E-state index in [2.05, 4.69) is 5.32 Å². The average molecular weight is 308 g/mol. The maximum absolute atomic E-state index is 12.4. The molecule has 0 saturated heterocycles. The molecular formula is C13H16N4O3S. The fourth-order valence-electron chi connectivity index (χ4n) is 1.81. The number of benzene rings is 1. The third kappa shape index (κ3) is 3.51. The van der Waals surface area contributed by atoms with E-state index in [9.17, 15) is 13.2 Å². The molecule has 0 aliphatic heterocycles. The fourth-order valence-corrected chi connectivity index (χ4v) is 3.03. The minimum atomic E-state index is -3.87. The van der Waals surface area contributed by atoms with Crippen LogP contribution in [0.4, 0.5) is 5.69 Å². The predicted octanol–water partition coefficient (Wildman–Crippen LogP) is 0.0396. The van der Waals surface area contributed by atoms with Crippen molar-refractivity contribution in [2.75, 3.05) is 19.3 Å². The molecule has 0 bridgehead atoms. The molecule has 1 fully saturated rings. The standard InChI is InChI=1S/C13H16N4O3S/c1-17(8-13(18)16-10-3-4-10)21(19,20)12-5-2-9(7-14)6-11(12)15/h2,5-6,10H,3-4,8,15H2,1H3,(H,16,18). The van der Waals surface area contributed by atoms with Gasteiger partial charge in [0.2, 0.25) is 15.9 Å². The quantitative estimate of drug-likeness (QED) is 0.745. The van der Waals surface area contributed by atoms with Gasteiger partial charge < -0.3 is 11.1 Å². The Bertz CT molecular complexity index is 705. The number of hydrogen-bond acceptors (Lipinski definition) is 5. The van der Waals surface area contributed by atoms with Crippen LogP contribution in [-0.2, 0) is 14.8 Å². The van der Waals surface area contributed by atoms with E-state index in [0.717, 1.165) is 17.1 Å². The molecule has 1 aromatic rings. The van der Waals surface area contributed by atoms with E-state index in [-0.39, 0.29) is 34.6 Å². The number of nitrogens with one attached hydrogen (secondary N) is 1. The van der Waals surface area contributed by atoms with Crippen LogP contribution in [0, 0.1) is 11.3 Å². The minimum Gasteiger partial charge on any atom is -0.398 e. The number of hydrogen-bond donors (Lipinski definition) is 2. The highest BCUT2D eigenvalue weighted by Gasteiger charge is 2.28. The topological polar surface area (TPSA) is 116 Å². The first-order valence-corrected chi connectivity index (χ1v) is 7.84. The Balaban J connectivity index is 2.16. The number of likely N-dealkylation sites (N-methyl/N-ethyl adjacent to an activating group) is 1. The highest BCUT2D eigenvalue weighted by molar-refractivity contribution is 7.89. The first-order valence-electron chi connectivity index (χ1n) is 6.40. The summed E-state index contributed by atoms with van der Waals surface area (Å²) in [5.41, 5.74) is 5.95. The van der Waals surface area contributed by atoms with Crippen molar-refractivity contribution in [1.29, 1.82) is 5.26 Å². The van der Waals surface area contributed by atoms with Crippen LogP contribution < -0.4 is 11.1 Å². The number of carbonyl (C=O) groups is 1. The number of amides is 1. The third-order valence-corrected chi connectivity index (χ3v) is 5.01. The Morgan fingerprint density at radius 2 is 2.19 bits per heavy atom. The summed E-state index contributed by atoms with van der Waals surface area (Å²) in [5, 5.41) is 11.5. The second-order valence-corrected chi connectivity index (χ2v) is 6.98. The highest BCUT2D eigenvalue weighted by atomic mass is 32.2. The summed E-state index contributed by atoms with van der Waals surface area (Å²) >= 11 is 0. The van der Waals surface area contributed by atoms with Crippen LogP contribution in [0.1, 0.15) is 18.4 Å². The Morgan fingerprint density at radius 3 is 2.71 bits per heavy atom. The monoisotopic (exact) mass is 308 g/mol. The average Bonchev–Trinajstić information content (AvgIpc) is 3.21. The van der Waals surface area contributed by atoms with Crippen LogP contribution in [0.3, 0.4) is 0 Å². The molecule has 7 nitrogen and oxygen atoms in total. The Hall–Kier alpha value is -2.11. The van der Waals surface area contributed by atoms with Crippen molar-refractivity contribution in [3.05, 3.63) is 23.8 Å². The molecular weight excluding hydrogens is 292 g/mol. The molecule has 0 atom stereocenters. The molecule has 112 valence electrons. The lowest BCUT2D eigenvalue weighted by molar-refractivity contribution is -0.121. The molecule has 0 aromatic heterocycles. The van der Waals surface area contributed by atoms with Gasteiger partial charge in [0.05, 0.1) is 23.9 Å². The van der Waals surface area contributed by atoms with Crippen molar-refractivity contribution in [3.8, 4) is 6.07 Å². The summed E-state index contributed by atoms with van der Waals surface area (Å²) in [5.74, 6) is -0.337. The van der Waals surface area contributed by atoms with Gasteiger partial charge in [-0.3, -0.25) is 4.79 Å². The van der Waals surface area contributed by atoms with Gasteiger partial charge in [0, 0.05) is 13.1 Å².